The number of amides is 1. The zero-order valence-corrected chi connectivity index (χ0v) is 12.5. The second-order valence-electron chi connectivity index (χ2n) is 5.82. The molecule has 2 N–H and O–H groups in total. The maximum absolute atomic E-state index is 12.0. The van der Waals surface area contributed by atoms with Crippen LogP contribution < -0.4 is 10.6 Å². The Hall–Kier alpha value is -0.570. The molecule has 0 heterocycles. The van der Waals surface area contributed by atoms with Crippen LogP contribution >= 0.6 is 0 Å². The molecular formula is C15H30N2O. The quantitative estimate of drug-likeness (QED) is 0.733. The second-order valence-corrected chi connectivity index (χ2v) is 5.82. The standard InChI is InChI=1S/C15H30N2O/c1-5-14(6-2)17-15(18)12(4)16-10-13-9-7-8-11(13)3/h11-14,16H,5-10H2,1-4H3,(H,17,18). The minimum atomic E-state index is -0.0709. The molecule has 1 aliphatic carbocycles. The molecule has 1 saturated carbocycles. The Morgan fingerprint density at radius 1 is 1.28 bits per heavy atom. The van der Waals surface area contributed by atoms with Gasteiger partial charge in [0.25, 0.3) is 0 Å². The molecule has 3 unspecified atom stereocenters. The minimum absolute atomic E-state index is 0.0709. The van der Waals surface area contributed by atoms with Crippen molar-refractivity contribution < 1.29 is 4.79 Å². The van der Waals surface area contributed by atoms with E-state index in [1.54, 1.807) is 0 Å². The molecule has 0 aromatic carbocycles. The van der Waals surface area contributed by atoms with Crippen LogP contribution in [-0.2, 0) is 4.79 Å². The van der Waals surface area contributed by atoms with Gasteiger partial charge in [-0.25, -0.2) is 0 Å². The van der Waals surface area contributed by atoms with Crippen molar-refractivity contribution in [2.45, 2.75) is 71.9 Å². The Balaban J connectivity index is 2.26. The molecule has 0 bridgehead atoms. The fourth-order valence-electron chi connectivity index (χ4n) is 2.77. The average Bonchev–Trinajstić information content (AvgIpc) is 2.78. The van der Waals surface area contributed by atoms with Crippen molar-refractivity contribution in [2.75, 3.05) is 6.54 Å². The average molecular weight is 254 g/mol. The highest BCUT2D eigenvalue weighted by Gasteiger charge is 2.24. The number of hydrogen-bond acceptors (Lipinski definition) is 2. The molecule has 106 valence electrons. The number of carbonyl (C=O) groups excluding carboxylic acids is 1. The lowest BCUT2D eigenvalue weighted by atomic mass is 9.98. The molecule has 3 atom stereocenters. The Morgan fingerprint density at radius 2 is 1.94 bits per heavy atom. The molecule has 0 aromatic heterocycles. The minimum Gasteiger partial charge on any atom is -0.352 e. The fourth-order valence-corrected chi connectivity index (χ4v) is 2.77. The molecule has 1 amide bonds. The summed E-state index contributed by atoms with van der Waals surface area (Å²) in [4.78, 5) is 12.0. The van der Waals surface area contributed by atoms with E-state index < -0.39 is 0 Å². The molecule has 1 aliphatic rings. The molecule has 1 fully saturated rings. The van der Waals surface area contributed by atoms with Crippen LogP contribution in [-0.4, -0.2) is 24.5 Å². The summed E-state index contributed by atoms with van der Waals surface area (Å²) in [5.74, 6) is 1.72. The highest BCUT2D eigenvalue weighted by atomic mass is 16.2. The molecule has 0 saturated heterocycles. The molecular weight excluding hydrogens is 224 g/mol. The molecule has 0 spiro atoms. The van der Waals surface area contributed by atoms with E-state index in [1.165, 1.54) is 19.3 Å². The molecule has 1 rings (SSSR count). The van der Waals surface area contributed by atoms with Crippen molar-refractivity contribution in [3.8, 4) is 0 Å². The Bertz CT molecular complexity index is 251. The smallest absolute Gasteiger partial charge is 0.237 e. The van der Waals surface area contributed by atoms with Gasteiger partial charge in [0.05, 0.1) is 6.04 Å². The van der Waals surface area contributed by atoms with Crippen molar-refractivity contribution in [3.05, 3.63) is 0 Å². The van der Waals surface area contributed by atoms with Crippen LogP contribution in [0, 0.1) is 11.8 Å². The summed E-state index contributed by atoms with van der Waals surface area (Å²) in [6, 6.07) is 0.255. The van der Waals surface area contributed by atoms with Crippen molar-refractivity contribution >= 4 is 5.91 Å². The summed E-state index contributed by atoms with van der Waals surface area (Å²) in [6.07, 6.45) is 6.03. The van der Waals surface area contributed by atoms with Crippen LogP contribution in [0.15, 0.2) is 0 Å². The number of hydrogen-bond donors (Lipinski definition) is 2. The summed E-state index contributed by atoms with van der Waals surface area (Å²) < 4.78 is 0. The van der Waals surface area contributed by atoms with Gasteiger partial charge in [0.15, 0.2) is 0 Å². The highest BCUT2D eigenvalue weighted by Crippen LogP contribution is 2.30. The number of carbonyl (C=O) groups is 1. The van der Waals surface area contributed by atoms with E-state index in [2.05, 4.69) is 31.4 Å². The SMILES string of the molecule is CCC(CC)NC(=O)C(C)NCC1CCCC1C. The van der Waals surface area contributed by atoms with Crippen LogP contribution in [0.5, 0.6) is 0 Å². The molecule has 0 aliphatic heterocycles. The molecule has 3 nitrogen and oxygen atoms in total. The predicted molar refractivity (Wildman–Crippen MR) is 76.5 cm³/mol. The van der Waals surface area contributed by atoms with Gasteiger partial charge in [0.2, 0.25) is 5.91 Å². The van der Waals surface area contributed by atoms with E-state index in [4.69, 9.17) is 0 Å². The highest BCUT2D eigenvalue weighted by molar-refractivity contribution is 5.81. The van der Waals surface area contributed by atoms with E-state index in [-0.39, 0.29) is 11.9 Å². The van der Waals surface area contributed by atoms with Crippen LogP contribution in [0.4, 0.5) is 0 Å². The van der Waals surface area contributed by atoms with E-state index in [0.717, 1.165) is 31.2 Å². The third-order valence-corrected chi connectivity index (χ3v) is 4.45. The summed E-state index contributed by atoms with van der Waals surface area (Å²) >= 11 is 0. The van der Waals surface area contributed by atoms with Crippen molar-refractivity contribution in [1.82, 2.24) is 10.6 Å². The summed E-state index contributed by atoms with van der Waals surface area (Å²) in [5, 5.41) is 6.50. The van der Waals surface area contributed by atoms with E-state index in [0.29, 0.717) is 6.04 Å². The van der Waals surface area contributed by atoms with Gasteiger partial charge < -0.3 is 10.6 Å². The summed E-state index contributed by atoms with van der Waals surface area (Å²) in [7, 11) is 0. The first-order valence-electron chi connectivity index (χ1n) is 7.62. The van der Waals surface area contributed by atoms with Crippen molar-refractivity contribution in [1.29, 1.82) is 0 Å². The zero-order valence-electron chi connectivity index (χ0n) is 12.5. The molecule has 0 aromatic rings. The number of rotatable bonds is 7. The maximum atomic E-state index is 12.0. The Morgan fingerprint density at radius 3 is 2.44 bits per heavy atom. The van der Waals surface area contributed by atoms with E-state index in [9.17, 15) is 4.79 Å². The third-order valence-electron chi connectivity index (χ3n) is 4.45. The second kappa shape index (κ2) is 7.78. The van der Waals surface area contributed by atoms with E-state index in [1.807, 2.05) is 6.92 Å². The van der Waals surface area contributed by atoms with Gasteiger partial charge >= 0.3 is 0 Å². The van der Waals surface area contributed by atoms with E-state index >= 15 is 0 Å². The molecule has 3 heteroatoms. The van der Waals surface area contributed by atoms with Gasteiger partial charge in [0.1, 0.15) is 0 Å². The molecule has 18 heavy (non-hydrogen) atoms. The fraction of sp³-hybridized carbons (Fsp3) is 0.933. The van der Waals surface area contributed by atoms with Gasteiger partial charge in [-0.3, -0.25) is 4.79 Å². The normalized spacial score (nSPS) is 25.4. The van der Waals surface area contributed by atoms with Crippen molar-refractivity contribution in [2.24, 2.45) is 11.8 Å². The first-order valence-corrected chi connectivity index (χ1v) is 7.62. The van der Waals surface area contributed by atoms with Crippen LogP contribution in [0.1, 0.15) is 59.8 Å². The van der Waals surface area contributed by atoms with Gasteiger partial charge in [-0.2, -0.15) is 0 Å². The lowest BCUT2D eigenvalue weighted by Gasteiger charge is -2.22. The largest absolute Gasteiger partial charge is 0.352 e. The Labute approximate surface area is 112 Å². The summed E-state index contributed by atoms with van der Waals surface area (Å²) in [5.41, 5.74) is 0. The first kappa shape index (κ1) is 15.5. The molecule has 0 radical (unpaired) electrons. The monoisotopic (exact) mass is 254 g/mol. The topological polar surface area (TPSA) is 41.1 Å². The third kappa shape index (κ3) is 4.60. The predicted octanol–water partition coefficient (Wildman–Crippen LogP) is 2.71. The number of nitrogens with one attached hydrogen (secondary N) is 2. The van der Waals surface area contributed by atoms with Gasteiger partial charge in [-0.05, 0) is 44.6 Å². The van der Waals surface area contributed by atoms with Crippen LogP contribution in [0.25, 0.3) is 0 Å². The lowest BCUT2D eigenvalue weighted by Crippen LogP contribution is -2.47. The first-order chi connectivity index (χ1) is 8.58. The van der Waals surface area contributed by atoms with Gasteiger partial charge in [-0.15, -0.1) is 0 Å². The maximum Gasteiger partial charge on any atom is 0.237 e. The lowest BCUT2D eigenvalue weighted by molar-refractivity contribution is -0.123. The summed E-state index contributed by atoms with van der Waals surface area (Å²) in [6.45, 7) is 9.52. The van der Waals surface area contributed by atoms with Gasteiger partial charge in [0, 0.05) is 6.04 Å². The Kier molecular flexibility index (Phi) is 6.69. The zero-order chi connectivity index (χ0) is 13.5. The van der Waals surface area contributed by atoms with Gasteiger partial charge in [-0.1, -0.05) is 33.6 Å². The van der Waals surface area contributed by atoms with Crippen LogP contribution in [0.2, 0.25) is 0 Å². The van der Waals surface area contributed by atoms with Crippen LogP contribution in [0.3, 0.4) is 0 Å². The van der Waals surface area contributed by atoms with Crippen molar-refractivity contribution in [3.63, 3.8) is 0 Å².